The number of hydrogen-bond acceptors (Lipinski definition) is 5. The second-order valence-corrected chi connectivity index (χ2v) is 6.33. The van der Waals surface area contributed by atoms with Gasteiger partial charge in [-0.05, 0) is 41.8 Å². The van der Waals surface area contributed by atoms with Crippen LogP contribution in [0, 0.1) is 0 Å². The molecule has 162 valence electrons. The van der Waals surface area contributed by atoms with Gasteiger partial charge < -0.3 is 19.5 Å². The van der Waals surface area contributed by atoms with E-state index in [-0.39, 0.29) is 12.2 Å². The molecule has 0 saturated carbocycles. The molecular formula is C21H22F3NO5. The average Bonchev–Trinajstić information content (AvgIpc) is 2.72. The molecule has 0 atom stereocenters. The maximum absolute atomic E-state index is 12.0. The highest BCUT2D eigenvalue weighted by atomic mass is 19.4. The number of methoxy groups -OCH3 is 1. The summed E-state index contributed by atoms with van der Waals surface area (Å²) in [6.07, 6.45) is -3.78. The van der Waals surface area contributed by atoms with Gasteiger partial charge in [-0.2, -0.15) is 13.2 Å². The third-order valence-electron chi connectivity index (χ3n) is 3.95. The Hall–Kier alpha value is -3.07. The summed E-state index contributed by atoms with van der Waals surface area (Å²) in [5, 5.41) is 2.66. The molecule has 0 aliphatic carbocycles. The highest BCUT2D eigenvalue weighted by Crippen LogP contribution is 2.16. The van der Waals surface area contributed by atoms with Crippen molar-refractivity contribution < 1.29 is 37.0 Å². The summed E-state index contributed by atoms with van der Waals surface area (Å²) < 4.78 is 50.7. The predicted molar refractivity (Wildman–Crippen MR) is 102 cm³/mol. The Morgan fingerprint density at radius 3 is 2.20 bits per heavy atom. The predicted octanol–water partition coefficient (Wildman–Crippen LogP) is 3.29. The maximum atomic E-state index is 12.0. The Morgan fingerprint density at radius 2 is 1.60 bits per heavy atom. The van der Waals surface area contributed by atoms with Crippen LogP contribution in [0.5, 0.6) is 5.75 Å². The number of carbonyl (C=O) groups is 2. The van der Waals surface area contributed by atoms with Crippen LogP contribution in [0.1, 0.15) is 21.5 Å². The van der Waals surface area contributed by atoms with Crippen molar-refractivity contribution in [2.45, 2.75) is 19.2 Å². The van der Waals surface area contributed by atoms with E-state index in [1.54, 1.807) is 7.11 Å². The van der Waals surface area contributed by atoms with Gasteiger partial charge in [0.25, 0.3) is 5.91 Å². The Labute approximate surface area is 171 Å². The van der Waals surface area contributed by atoms with E-state index in [1.807, 2.05) is 24.3 Å². The minimum Gasteiger partial charge on any atom is -0.497 e. The van der Waals surface area contributed by atoms with Crippen LogP contribution >= 0.6 is 0 Å². The van der Waals surface area contributed by atoms with Gasteiger partial charge in [0.05, 0.1) is 19.3 Å². The lowest BCUT2D eigenvalue weighted by Gasteiger charge is -2.09. The lowest BCUT2D eigenvalue weighted by atomic mass is 10.1. The fourth-order valence-electron chi connectivity index (χ4n) is 2.43. The first kappa shape index (κ1) is 23.2. The number of alkyl halides is 3. The summed E-state index contributed by atoms with van der Waals surface area (Å²) in [5.41, 5.74) is 1.68. The highest BCUT2D eigenvalue weighted by molar-refractivity contribution is 5.91. The molecule has 1 amide bonds. The van der Waals surface area contributed by atoms with E-state index in [0.29, 0.717) is 18.5 Å². The molecule has 9 heteroatoms. The molecule has 30 heavy (non-hydrogen) atoms. The molecule has 6 nitrogen and oxygen atoms in total. The van der Waals surface area contributed by atoms with Gasteiger partial charge in [0, 0.05) is 6.54 Å². The minimum atomic E-state index is -4.39. The first-order chi connectivity index (χ1) is 14.3. The van der Waals surface area contributed by atoms with Crippen molar-refractivity contribution in [3.63, 3.8) is 0 Å². The Bertz CT molecular complexity index is 820. The summed E-state index contributed by atoms with van der Waals surface area (Å²) in [6.45, 7) is -1.62. The fourth-order valence-corrected chi connectivity index (χ4v) is 2.43. The van der Waals surface area contributed by atoms with Crippen LogP contribution in [-0.4, -0.2) is 44.9 Å². The number of nitrogens with one attached hydrogen (secondary N) is 1. The molecule has 1 N–H and O–H groups in total. The van der Waals surface area contributed by atoms with Gasteiger partial charge in [0.15, 0.2) is 6.61 Å². The summed E-state index contributed by atoms with van der Waals surface area (Å²) in [6, 6.07) is 13.2. The van der Waals surface area contributed by atoms with Crippen LogP contribution in [0.3, 0.4) is 0 Å². The summed E-state index contributed by atoms with van der Waals surface area (Å²) in [7, 11) is 1.58. The van der Waals surface area contributed by atoms with E-state index < -0.39 is 31.3 Å². The third kappa shape index (κ3) is 8.52. The summed E-state index contributed by atoms with van der Waals surface area (Å²) >= 11 is 0. The molecule has 2 aromatic carbocycles. The van der Waals surface area contributed by atoms with Crippen LogP contribution in [0.4, 0.5) is 13.2 Å². The zero-order valence-corrected chi connectivity index (χ0v) is 16.3. The minimum absolute atomic E-state index is 0.181. The van der Waals surface area contributed by atoms with Gasteiger partial charge in [-0.1, -0.05) is 24.3 Å². The monoisotopic (exact) mass is 425 g/mol. The lowest BCUT2D eigenvalue weighted by Crippen LogP contribution is -2.30. The molecule has 2 aromatic rings. The lowest BCUT2D eigenvalue weighted by molar-refractivity contribution is -0.176. The smallest absolute Gasteiger partial charge is 0.411 e. The normalized spacial score (nSPS) is 11.1. The van der Waals surface area contributed by atoms with Crippen molar-refractivity contribution in [1.82, 2.24) is 5.32 Å². The van der Waals surface area contributed by atoms with Crippen molar-refractivity contribution in [1.29, 1.82) is 0 Å². The van der Waals surface area contributed by atoms with Gasteiger partial charge in [-0.3, -0.25) is 4.79 Å². The largest absolute Gasteiger partial charge is 0.497 e. The zero-order chi connectivity index (χ0) is 22.0. The first-order valence-electron chi connectivity index (χ1n) is 9.07. The molecule has 0 aliphatic heterocycles. The second kappa shape index (κ2) is 11.2. The number of amides is 1. The first-order valence-corrected chi connectivity index (χ1v) is 9.07. The Kier molecular flexibility index (Phi) is 8.67. The Balaban J connectivity index is 1.68. The molecule has 0 aromatic heterocycles. The SMILES string of the molecule is COc1ccc(CCNC(=O)COC(=O)c2ccc(COCC(F)(F)F)cc2)cc1. The average molecular weight is 425 g/mol. The quantitative estimate of drug-likeness (QED) is 0.592. The van der Waals surface area contributed by atoms with Crippen molar-refractivity contribution in [2.75, 3.05) is 26.9 Å². The number of ether oxygens (including phenoxy) is 3. The number of halogens is 3. The summed E-state index contributed by atoms with van der Waals surface area (Å²) in [5.74, 6) is -0.395. The molecule has 0 bridgehead atoms. The topological polar surface area (TPSA) is 73.9 Å². The molecule has 2 rings (SSSR count). The third-order valence-corrected chi connectivity index (χ3v) is 3.95. The molecule has 0 fully saturated rings. The van der Waals surface area contributed by atoms with Crippen LogP contribution < -0.4 is 10.1 Å². The molecule has 0 aliphatic rings. The number of hydrogen-bond donors (Lipinski definition) is 1. The van der Waals surface area contributed by atoms with Gasteiger partial charge in [0.2, 0.25) is 0 Å². The van der Waals surface area contributed by atoms with Crippen LogP contribution in [0.2, 0.25) is 0 Å². The van der Waals surface area contributed by atoms with Crippen LogP contribution in [0.15, 0.2) is 48.5 Å². The van der Waals surface area contributed by atoms with Crippen molar-refractivity contribution >= 4 is 11.9 Å². The molecule has 0 heterocycles. The van der Waals surface area contributed by atoms with Gasteiger partial charge >= 0.3 is 12.1 Å². The number of carbonyl (C=O) groups excluding carboxylic acids is 2. The summed E-state index contributed by atoms with van der Waals surface area (Å²) in [4.78, 5) is 23.8. The van der Waals surface area contributed by atoms with E-state index in [1.165, 1.54) is 24.3 Å². The van der Waals surface area contributed by atoms with E-state index in [9.17, 15) is 22.8 Å². The van der Waals surface area contributed by atoms with E-state index in [0.717, 1.165) is 11.3 Å². The standard InChI is InChI=1S/C21H22F3NO5/c1-28-18-8-4-15(5-9-18)10-11-25-19(26)13-30-20(27)17-6-2-16(3-7-17)12-29-14-21(22,23)24/h2-9H,10-14H2,1H3,(H,25,26). The molecule has 0 spiro atoms. The number of esters is 1. The van der Waals surface area contributed by atoms with Gasteiger partial charge in [0.1, 0.15) is 12.4 Å². The molecule has 0 radical (unpaired) electrons. The maximum Gasteiger partial charge on any atom is 0.411 e. The molecule has 0 saturated heterocycles. The van der Waals surface area contributed by atoms with Crippen molar-refractivity contribution in [3.05, 3.63) is 65.2 Å². The fraction of sp³-hybridized carbons (Fsp3) is 0.333. The Morgan fingerprint density at radius 1 is 0.967 bits per heavy atom. The van der Waals surface area contributed by atoms with Crippen molar-refractivity contribution in [2.24, 2.45) is 0 Å². The van der Waals surface area contributed by atoms with Crippen LogP contribution in [-0.2, 0) is 27.3 Å². The highest BCUT2D eigenvalue weighted by Gasteiger charge is 2.27. The van der Waals surface area contributed by atoms with Crippen LogP contribution in [0.25, 0.3) is 0 Å². The van der Waals surface area contributed by atoms with E-state index in [4.69, 9.17) is 9.47 Å². The second-order valence-electron chi connectivity index (χ2n) is 6.33. The number of benzene rings is 2. The van der Waals surface area contributed by atoms with E-state index in [2.05, 4.69) is 10.1 Å². The number of rotatable bonds is 10. The molecule has 0 unspecified atom stereocenters. The zero-order valence-electron chi connectivity index (χ0n) is 16.3. The van der Waals surface area contributed by atoms with Gasteiger partial charge in [-0.25, -0.2) is 4.79 Å². The van der Waals surface area contributed by atoms with Crippen molar-refractivity contribution in [3.8, 4) is 5.75 Å². The molecular weight excluding hydrogens is 403 g/mol. The van der Waals surface area contributed by atoms with E-state index >= 15 is 0 Å². The van der Waals surface area contributed by atoms with Gasteiger partial charge in [-0.15, -0.1) is 0 Å².